The Kier molecular flexibility index (Phi) is 5.30. The highest BCUT2D eigenvalue weighted by atomic mass is 19.4. The van der Waals surface area contributed by atoms with Gasteiger partial charge in [-0.15, -0.1) is 0 Å². The summed E-state index contributed by atoms with van der Waals surface area (Å²) in [5.41, 5.74) is 6.46. The summed E-state index contributed by atoms with van der Waals surface area (Å²) in [6.45, 7) is 8.98. The van der Waals surface area contributed by atoms with Crippen molar-refractivity contribution in [2.45, 2.75) is 44.9 Å². The van der Waals surface area contributed by atoms with Crippen molar-refractivity contribution >= 4 is 5.82 Å². The molecule has 1 aliphatic carbocycles. The van der Waals surface area contributed by atoms with Gasteiger partial charge in [0.25, 0.3) is 0 Å². The third-order valence-corrected chi connectivity index (χ3v) is 6.37. The Labute approximate surface area is 174 Å². The third-order valence-electron chi connectivity index (χ3n) is 6.37. The van der Waals surface area contributed by atoms with Gasteiger partial charge in [-0.3, -0.25) is 9.58 Å². The number of nitrogens with two attached hydrogens (primary N) is 1. The molecule has 1 saturated heterocycles. The lowest BCUT2D eigenvalue weighted by molar-refractivity contribution is -0.137. The van der Waals surface area contributed by atoms with Crippen molar-refractivity contribution in [3.05, 3.63) is 29.6 Å². The molecule has 2 N–H and O–H groups in total. The molecule has 3 heterocycles. The fraction of sp³-hybridized carbons (Fsp3) is 0.619. The summed E-state index contributed by atoms with van der Waals surface area (Å²) in [5.74, 6) is 0.989. The van der Waals surface area contributed by atoms with Gasteiger partial charge in [-0.25, -0.2) is 4.98 Å². The van der Waals surface area contributed by atoms with E-state index in [0.29, 0.717) is 41.7 Å². The highest BCUT2D eigenvalue weighted by Gasteiger charge is 2.58. The van der Waals surface area contributed by atoms with Gasteiger partial charge in [0.15, 0.2) is 0 Å². The van der Waals surface area contributed by atoms with Gasteiger partial charge in [0.1, 0.15) is 5.82 Å². The lowest BCUT2D eigenvalue weighted by Gasteiger charge is -2.26. The molecule has 1 aliphatic heterocycles. The maximum Gasteiger partial charge on any atom is 0.419 e. The van der Waals surface area contributed by atoms with Crippen molar-refractivity contribution in [1.29, 1.82) is 0 Å². The highest BCUT2D eigenvalue weighted by molar-refractivity contribution is 5.63. The van der Waals surface area contributed by atoms with Crippen LogP contribution < -0.4 is 5.73 Å². The predicted molar refractivity (Wildman–Crippen MR) is 108 cm³/mol. The number of aromatic nitrogens is 3. The summed E-state index contributed by atoms with van der Waals surface area (Å²) in [6, 6.07) is 3.47. The molecule has 0 aromatic carbocycles. The average molecular weight is 423 g/mol. The van der Waals surface area contributed by atoms with Crippen molar-refractivity contribution in [2.75, 3.05) is 32.5 Å². The van der Waals surface area contributed by atoms with E-state index in [0.717, 1.165) is 24.8 Å². The SMILES string of the molecule is COCC(C)N1C[C@@H]2C(c3cc(-c4cnc(N)c(C(F)(F)F)c4)nn3C(C)C)[C@@H]2C1. The number of likely N-dealkylation sites (tertiary alicyclic amines) is 1. The Morgan fingerprint density at radius 3 is 2.43 bits per heavy atom. The van der Waals surface area contributed by atoms with Gasteiger partial charge in [-0.2, -0.15) is 18.3 Å². The monoisotopic (exact) mass is 423 g/mol. The summed E-state index contributed by atoms with van der Waals surface area (Å²) in [4.78, 5) is 6.21. The zero-order chi connectivity index (χ0) is 21.8. The topological polar surface area (TPSA) is 69.2 Å². The quantitative estimate of drug-likeness (QED) is 0.765. The van der Waals surface area contributed by atoms with Gasteiger partial charge in [0.05, 0.1) is 17.9 Å². The Hall–Kier alpha value is -2.13. The van der Waals surface area contributed by atoms with Crippen LogP contribution in [-0.4, -0.2) is 52.5 Å². The van der Waals surface area contributed by atoms with E-state index in [1.54, 1.807) is 7.11 Å². The van der Waals surface area contributed by atoms with Crippen LogP contribution in [0.4, 0.5) is 19.0 Å². The number of nitrogens with zero attached hydrogens (tertiary/aromatic N) is 4. The molecule has 6 nitrogen and oxygen atoms in total. The molecule has 2 aliphatic rings. The molecule has 2 fully saturated rings. The number of pyridine rings is 1. The lowest BCUT2D eigenvalue weighted by Crippen LogP contribution is -2.36. The summed E-state index contributed by atoms with van der Waals surface area (Å²) < 4.78 is 47.0. The van der Waals surface area contributed by atoms with Crippen molar-refractivity contribution in [2.24, 2.45) is 11.8 Å². The molecule has 0 spiro atoms. The van der Waals surface area contributed by atoms with Crippen LogP contribution in [0.1, 0.15) is 44.0 Å². The molecular formula is C21H28F3N5O. The number of piperidine rings is 1. The summed E-state index contributed by atoms with van der Waals surface area (Å²) in [7, 11) is 1.72. The molecule has 164 valence electrons. The number of halogens is 3. The van der Waals surface area contributed by atoms with Gasteiger partial charge < -0.3 is 10.5 Å². The van der Waals surface area contributed by atoms with E-state index < -0.39 is 17.6 Å². The first-order valence-electron chi connectivity index (χ1n) is 10.3. The summed E-state index contributed by atoms with van der Waals surface area (Å²) in [5, 5.41) is 4.64. The number of rotatable bonds is 6. The maximum absolute atomic E-state index is 13.2. The van der Waals surface area contributed by atoms with Gasteiger partial charge in [0, 0.05) is 55.7 Å². The second-order valence-corrected chi connectivity index (χ2v) is 8.76. The van der Waals surface area contributed by atoms with Gasteiger partial charge >= 0.3 is 6.18 Å². The van der Waals surface area contributed by atoms with Crippen LogP contribution in [0.5, 0.6) is 0 Å². The minimum absolute atomic E-state index is 0.113. The van der Waals surface area contributed by atoms with E-state index in [1.807, 2.05) is 24.6 Å². The second-order valence-electron chi connectivity index (χ2n) is 8.76. The standard InChI is InChI=1S/C21H28F3N5O/c1-11(2)29-18(19-14-8-28(9-15(14)19)12(3)10-30-4)6-17(27-29)13-5-16(21(22,23)24)20(25)26-7-13/h5-7,11-12,14-15,19H,8-10H2,1-4H3,(H2,25,26)/t12?,14-,15+,19?. The molecule has 2 unspecified atom stereocenters. The van der Waals surface area contributed by atoms with Crippen LogP contribution in [0.2, 0.25) is 0 Å². The molecule has 0 amide bonds. The van der Waals surface area contributed by atoms with E-state index in [4.69, 9.17) is 10.5 Å². The smallest absolute Gasteiger partial charge is 0.383 e. The summed E-state index contributed by atoms with van der Waals surface area (Å²) >= 11 is 0. The predicted octanol–water partition coefficient (Wildman–Crippen LogP) is 3.81. The summed E-state index contributed by atoms with van der Waals surface area (Å²) in [6.07, 6.45) is -3.18. The lowest BCUT2D eigenvalue weighted by atomic mass is 10.1. The van der Waals surface area contributed by atoms with E-state index in [9.17, 15) is 13.2 Å². The first-order valence-corrected chi connectivity index (χ1v) is 10.3. The van der Waals surface area contributed by atoms with Crippen LogP contribution in [-0.2, 0) is 10.9 Å². The molecule has 0 bridgehead atoms. The van der Waals surface area contributed by atoms with Crippen LogP contribution in [0, 0.1) is 11.8 Å². The molecule has 2 aromatic rings. The average Bonchev–Trinajstić information content (AvgIpc) is 3.03. The van der Waals surface area contributed by atoms with Gasteiger partial charge in [0.2, 0.25) is 0 Å². The van der Waals surface area contributed by atoms with E-state index in [1.165, 1.54) is 6.20 Å². The molecule has 9 heteroatoms. The van der Waals surface area contributed by atoms with Crippen LogP contribution in [0.3, 0.4) is 0 Å². The number of alkyl halides is 3. The fourth-order valence-electron chi connectivity index (χ4n) is 4.76. The van der Waals surface area contributed by atoms with Crippen LogP contribution in [0.15, 0.2) is 18.3 Å². The minimum atomic E-state index is -4.55. The Morgan fingerprint density at radius 1 is 1.20 bits per heavy atom. The number of hydrogen-bond donors (Lipinski definition) is 1. The number of ether oxygens (including phenoxy) is 1. The van der Waals surface area contributed by atoms with Gasteiger partial charge in [-0.05, 0) is 44.7 Å². The van der Waals surface area contributed by atoms with Crippen molar-refractivity contribution in [3.63, 3.8) is 0 Å². The first kappa shape index (κ1) is 21.1. The van der Waals surface area contributed by atoms with E-state index in [2.05, 4.69) is 21.9 Å². The maximum atomic E-state index is 13.2. The molecule has 4 rings (SSSR count). The van der Waals surface area contributed by atoms with Crippen LogP contribution >= 0.6 is 0 Å². The Balaban J connectivity index is 1.60. The van der Waals surface area contributed by atoms with E-state index in [-0.39, 0.29) is 6.04 Å². The number of anilines is 1. The molecular weight excluding hydrogens is 395 g/mol. The van der Waals surface area contributed by atoms with Crippen molar-refractivity contribution < 1.29 is 17.9 Å². The number of nitrogen functional groups attached to an aromatic ring is 1. The fourth-order valence-corrected chi connectivity index (χ4v) is 4.76. The van der Waals surface area contributed by atoms with Crippen molar-refractivity contribution in [1.82, 2.24) is 19.7 Å². The zero-order valence-corrected chi connectivity index (χ0v) is 17.6. The largest absolute Gasteiger partial charge is 0.419 e. The van der Waals surface area contributed by atoms with E-state index >= 15 is 0 Å². The number of hydrogen-bond acceptors (Lipinski definition) is 5. The molecule has 30 heavy (non-hydrogen) atoms. The third kappa shape index (κ3) is 3.69. The minimum Gasteiger partial charge on any atom is -0.383 e. The Bertz CT molecular complexity index is 914. The number of fused-ring (bicyclic) bond motifs is 1. The number of methoxy groups -OCH3 is 1. The molecule has 0 radical (unpaired) electrons. The van der Waals surface area contributed by atoms with Crippen LogP contribution in [0.25, 0.3) is 11.3 Å². The van der Waals surface area contributed by atoms with Gasteiger partial charge in [-0.1, -0.05) is 0 Å². The Morgan fingerprint density at radius 2 is 1.87 bits per heavy atom. The molecule has 2 aromatic heterocycles. The van der Waals surface area contributed by atoms with Crippen molar-refractivity contribution in [3.8, 4) is 11.3 Å². The zero-order valence-electron chi connectivity index (χ0n) is 17.6. The second kappa shape index (κ2) is 7.53. The molecule has 4 atom stereocenters. The normalized spacial score (nSPS) is 25.0. The first-order chi connectivity index (χ1) is 14.1. The highest BCUT2D eigenvalue weighted by Crippen LogP contribution is 2.59. The molecule has 1 saturated carbocycles.